The Morgan fingerprint density at radius 3 is 2.88 bits per heavy atom. The number of hydrogen-bond acceptors (Lipinski definition) is 4. The van der Waals surface area contributed by atoms with E-state index in [1.807, 2.05) is 11.3 Å². The molecule has 0 amide bonds. The van der Waals surface area contributed by atoms with Gasteiger partial charge in [0.15, 0.2) is 0 Å². The zero-order chi connectivity index (χ0) is 12.5. The van der Waals surface area contributed by atoms with Crippen molar-refractivity contribution in [3.8, 4) is 0 Å². The highest BCUT2D eigenvalue weighted by molar-refractivity contribution is 7.11. The summed E-state index contributed by atoms with van der Waals surface area (Å²) in [6.07, 6.45) is 2.05. The van der Waals surface area contributed by atoms with Crippen molar-refractivity contribution in [3.05, 3.63) is 16.1 Å². The molecular formula is C13H23N3S. The Morgan fingerprint density at radius 1 is 1.53 bits per heavy atom. The van der Waals surface area contributed by atoms with Crippen LogP contribution in [0.2, 0.25) is 0 Å². The van der Waals surface area contributed by atoms with E-state index >= 15 is 0 Å². The van der Waals surface area contributed by atoms with E-state index < -0.39 is 0 Å². The van der Waals surface area contributed by atoms with Gasteiger partial charge in [-0.05, 0) is 6.92 Å². The van der Waals surface area contributed by atoms with Crippen molar-refractivity contribution in [2.45, 2.75) is 45.7 Å². The summed E-state index contributed by atoms with van der Waals surface area (Å²) < 4.78 is 0. The molecule has 0 unspecified atom stereocenters. The molecule has 2 heterocycles. The van der Waals surface area contributed by atoms with Crippen molar-refractivity contribution in [2.24, 2.45) is 0 Å². The van der Waals surface area contributed by atoms with Crippen LogP contribution in [0.3, 0.4) is 0 Å². The van der Waals surface area contributed by atoms with Gasteiger partial charge in [-0.2, -0.15) is 0 Å². The molecule has 0 spiro atoms. The first-order valence-corrected chi connectivity index (χ1v) is 7.18. The standard InChI is InChI=1S/C13H23N3S/c1-10-8-16(6-5-14-10)9-11-7-15-12(17-11)13(2,3)4/h7,10,14H,5-6,8-9H2,1-4H3/t10-/m0/s1. The van der Waals surface area contributed by atoms with Crippen molar-refractivity contribution >= 4 is 11.3 Å². The van der Waals surface area contributed by atoms with Crippen molar-refractivity contribution in [3.63, 3.8) is 0 Å². The predicted octanol–water partition coefficient (Wildman–Crippen LogP) is 2.23. The summed E-state index contributed by atoms with van der Waals surface area (Å²) in [6.45, 7) is 13.4. The molecule has 1 aromatic heterocycles. The molecule has 0 saturated carbocycles. The van der Waals surface area contributed by atoms with E-state index in [2.05, 4.69) is 49.1 Å². The summed E-state index contributed by atoms with van der Waals surface area (Å²) in [5.74, 6) is 0. The van der Waals surface area contributed by atoms with Crippen LogP contribution < -0.4 is 5.32 Å². The zero-order valence-electron chi connectivity index (χ0n) is 11.3. The molecule has 0 aromatic carbocycles. The van der Waals surface area contributed by atoms with Gasteiger partial charge in [0.05, 0.1) is 5.01 Å². The fourth-order valence-corrected chi connectivity index (χ4v) is 3.12. The monoisotopic (exact) mass is 253 g/mol. The normalized spacial score (nSPS) is 22.9. The molecule has 2 rings (SSSR count). The van der Waals surface area contributed by atoms with Gasteiger partial charge in [0.1, 0.15) is 0 Å². The van der Waals surface area contributed by atoms with Gasteiger partial charge in [-0.3, -0.25) is 4.90 Å². The predicted molar refractivity (Wildman–Crippen MR) is 73.6 cm³/mol. The largest absolute Gasteiger partial charge is 0.312 e. The molecule has 4 heteroatoms. The molecule has 1 aliphatic rings. The van der Waals surface area contributed by atoms with E-state index in [9.17, 15) is 0 Å². The highest BCUT2D eigenvalue weighted by Gasteiger charge is 2.20. The van der Waals surface area contributed by atoms with Crippen LogP contribution in [0.1, 0.15) is 37.6 Å². The minimum atomic E-state index is 0.180. The number of piperazine rings is 1. The number of hydrogen-bond donors (Lipinski definition) is 1. The van der Waals surface area contributed by atoms with E-state index in [-0.39, 0.29) is 5.41 Å². The molecule has 0 aliphatic carbocycles. The fraction of sp³-hybridized carbons (Fsp3) is 0.769. The molecule has 1 saturated heterocycles. The van der Waals surface area contributed by atoms with Crippen molar-refractivity contribution in [1.82, 2.24) is 15.2 Å². The average Bonchev–Trinajstić information content (AvgIpc) is 2.65. The van der Waals surface area contributed by atoms with Crippen LogP contribution in [-0.2, 0) is 12.0 Å². The lowest BCUT2D eigenvalue weighted by molar-refractivity contribution is 0.201. The van der Waals surface area contributed by atoms with Gasteiger partial charge in [0, 0.05) is 48.7 Å². The quantitative estimate of drug-likeness (QED) is 0.876. The van der Waals surface area contributed by atoms with Crippen molar-refractivity contribution in [2.75, 3.05) is 19.6 Å². The Bertz CT molecular complexity index is 367. The second-order valence-electron chi connectivity index (χ2n) is 5.97. The van der Waals surface area contributed by atoms with E-state index in [1.165, 1.54) is 9.88 Å². The first kappa shape index (κ1) is 13.0. The Morgan fingerprint density at radius 2 is 2.29 bits per heavy atom. The van der Waals surface area contributed by atoms with E-state index in [1.54, 1.807) is 0 Å². The number of nitrogens with one attached hydrogen (secondary N) is 1. The third-order valence-corrected chi connectivity index (χ3v) is 4.44. The summed E-state index contributed by atoms with van der Waals surface area (Å²) in [4.78, 5) is 8.46. The third-order valence-electron chi connectivity index (χ3n) is 3.03. The van der Waals surface area contributed by atoms with Crippen LogP contribution in [0.4, 0.5) is 0 Å². The first-order valence-electron chi connectivity index (χ1n) is 6.36. The van der Waals surface area contributed by atoms with Crippen LogP contribution in [0.15, 0.2) is 6.20 Å². The zero-order valence-corrected chi connectivity index (χ0v) is 12.1. The Labute approximate surface area is 108 Å². The summed E-state index contributed by atoms with van der Waals surface area (Å²) in [7, 11) is 0. The summed E-state index contributed by atoms with van der Waals surface area (Å²) in [6, 6.07) is 0.610. The number of aromatic nitrogens is 1. The molecule has 0 bridgehead atoms. The number of rotatable bonds is 2. The summed E-state index contributed by atoms with van der Waals surface area (Å²) in [5, 5.41) is 4.72. The maximum absolute atomic E-state index is 4.55. The van der Waals surface area contributed by atoms with E-state index in [0.717, 1.165) is 26.2 Å². The molecule has 0 radical (unpaired) electrons. The maximum atomic E-state index is 4.55. The lowest BCUT2D eigenvalue weighted by Crippen LogP contribution is -2.48. The minimum absolute atomic E-state index is 0.180. The first-order chi connectivity index (χ1) is 7.95. The molecule has 3 nitrogen and oxygen atoms in total. The molecule has 1 fully saturated rings. The van der Waals surface area contributed by atoms with Gasteiger partial charge >= 0.3 is 0 Å². The van der Waals surface area contributed by atoms with Crippen molar-refractivity contribution < 1.29 is 0 Å². The summed E-state index contributed by atoms with van der Waals surface area (Å²) in [5.41, 5.74) is 0.180. The highest BCUT2D eigenvalue weighted by atomic mass is 32.1. The smallest absolute Gasteiger partial charge is 0.0981 e. The summed E-state index contributed by atoms with van der Waals surface area (Å²) >= 11 is 1.86. The van der Waals surface area contributed by atoms with Gasteiger partial charge in [0.25, 0.3) is 0 Å². The second kappa shape index (κ2) is 5.04. The molecular weight excluding hydrogens is 230 g/mol. The number of nitrogens with zero attached hydrogens (tertiary/aromatic N) is 2. The van der Waals surface area contributed by atoms with E-state index in [4.69, 9.17) is 0 Å². The van der Waals surface area contributed by atoms with Gasteiger partial charge in [0.2, 0.25) is 0 Å². The Hall–Kier alpha value is -0.450. The molecule has 96 valence electrons. The lowest BCUT2D eigenvalue weighted by atomic mass is 9.98. The van der Waals surface area contributed by atoms with E-state index in [0.29, 0.717) is 6.04 Å². The van der Waals surface area contributed by atoms with Gasteiger partial charge < -0.3 is 5.32 Å². The molecule has 1 aliphatic heterocycles. The topological polar surface area (TPSA) is 28.2 Å². The average molecular weight is 253 g/mol. The Kier molecular flexibility index (Phi) is 3.85. The highest BCUT2D eigenvalue weighted by Crippen LogP contribution is 2.27. The minimum Gasteiger partial charge on any atom is -0.312 e. The molecule has 1 aromatic rings. The van der Waals surface area contributed by atoms with Crippen LogP contribution in [0.5, 0.6) is 0 Å². The SMILES string of the molecule is C[C@H]1CN(Cc2cnc(C(C)(C)C)s2)CCN1. The van der Waals surface area contributed by atoms with Gasteiger partial charge in [-0.25, -0.2) is 4.98 Å². The van der Waals surface area contributed by atoms with Gasteiger partial charge in [-0.15, -0.1) is 11.3 Å². The third kappa shape index (κ3) is 3.50. The van der Waals surface area contributed by atoms with Crippen LogP contribution in [0, 0.1) is 0 Å². The molecule has 1 N–H and O–H groups in total. The van der Waals surface area contributed by atoms with Crippen LogP contribution >= 0.6 is 11.3 Å². The number of thiazole rings is 1. The lowest BCUT2D eigenvalue weighted by Gasteiger charge is -2.31. The fourth-order valence-electron chi connectivity index (χ4n) is 2.10. The molecule has 17 heavy (non-hydrogen) atoms. The maximum Gasteiger partial charge on any atom is 0.0981 e. The van der Waals surface area contributed by atoms with Crippen LogP contribution in [0.25, 0.3) is 0 Å². The van der Waals surface area contributed by atoms with Crippen LogP contribution in [-0.4, -0.2) is 35.6 Å². The Balaban J connectivity index is 1.97. The van der Waals surface area contributed by atoms with Crippen molar-refractivity contribution in [1.29, 1.82) is 0 Å². The van der Waals surface area contributed by atoms with Gasteiger partial charge in [-0.1, -0.05) is 20.8 Å². The second-order valence-corrected chi connectivity index (χ2v) is 7.09. The molecule has 1 atom stereocenters.